The van der Waals surface area contributed by atoms with Crippen LogP contribution in [0.25, 0.3) is 0 Å². The Labute approximate surface area is 288 Å². The van der Waals surface area contributed by atoms with Crippen molar-refractivity contribution in [2.75, 3.05) is 0 Å². The van der Waals surface area contributed by atoms with Gasteiger partial charge in [0.2, 0.25) is 0 Å². The Balaban J connectivity index is 2.12. The van der Waals surface area contributed by atoms with E-state index in [4.69, 9.17) is 0 Å². The van der Waals surface area contributed by atoms with Crippen molar-refractivity contribution < 1.29 is 48.1 Å². The molecular weight excluding hydrogens is 702 g/mol. The zero-order chi connectivity index (χ0) is 37.2. The Morgan fingerprint density at radius 1 is 0.451 bits per heavy atom. The molecule has 0 aliphatic carbocycles. The van der Waals surface area contributed by atoms with Crippen molar-refractivity contribution in [3.8, 4) is 0 Å². The lowest BCUT2D eigenvalue weighted by molar-refractivity contribution is -0.268. The van der Waals surface area contributed by atoms with Gasteiger partial charge in [0, 0.05) is 29.1 Å². The molecule has 266 valence electrons. The molecule has 5 aromatic rings. The van der Waals surface area contributed by atoms with Crippen LogP contribution in [0, 0.1) is 58.2 Å². The first-order chi connectivity index (χ1) is 24.2. The van der Waals surface area contributed by atoms with Crippen molar-refractivity contribution in [3.05, 3.63) is 160 Å². The van der Waals surface area contributed by atoms with Gasteiger partial charge in [-0.1, -0.05) is 123 Å². The van der Waals surface area contributed by atoms with Gasteiger partial charge in [0.25, 0.3) is 0 Å². The summed E-state index contributed by atoms with van der Waals surface area (Å²) in [6.07, 6.45) is -4.47. The number of rotatable bonds is 7. The maximum atomic E-state index is 16.9. The third kappa shape index (κ3) is 5.03. The number of benzene rings is 5. The van der Waals surface area contributed by atoms with Gasteiger partial charge in [-0.25, -0.2) is 43.9 Å². The smallest absolute Gasteiger partial charge is 0.348 e. The van der Waals surface area contributed by atoms with E-state index < -0.39 is 105 Å². The summed E-state index contributed by atoms with van der Waals surface area (Å²) in [5.74, 6) is -26.3. The van der Waals surface area contributed by atoms with E-state index in [0.29, 0.717) is 5.56 Å². The van der Waals surface area contributed by atoms with Crippen LogP contribution < -0.4 is 10.9 Å². The topological polar surface area (TPSA) is 3.01 Å². The monoisotopic (exact) mass is 733 g/mol. The van der Waals surface area contributed by atoms with Crippen molar-refractivity contribution in [2.45, 2.75) is 50.5 Å². The van der Waals surface area contributed by atoms with Crippen molar-refractivity contribution in [1.82, 2.24) is 0 Å². The molecule has 0 radical (unpaired) electrons. The quantitative estimate of drug-likeness (QED) is 0.0515. The first-order valence-corrected chi connectivity index (χ1v) is 18.2. The Morgan fingerprint density at radius 3 is 1.12 bits per heavy atom. The molecule has 0 saturated heterocycles. The van der Waals surface area contributed by atoms with Crippen molar-refractivity contribution in [2.24, 2.45) is 0 Å². The van der Waals surface area contributed by atoms with Crippen LogP contribution in [0.3, 0.4) is 0 Å². The highest BCUT2D eigenvalue weighted by Gasteiger charge is 2.69. The van der Waals surface area contributed by atoms with Gasteiger partial charge in [0.15, 0.2) is 34.9 Å². The van der Waals surface area contributed by atoms with Crippen molar-refractivity contribution >= 4 is 29.9 Å². The molecule has 0 aromatic heterocycles. The minimum absolute atomic E-state index is 0.0282. The molecule has 0 amide bonds. The molecule has 6 rings (SSSR count). The lowest BCUT2D eigenvalue weighted by Crippen LogP contribution is -2.71. The summed E-state index contributed by atoms with van der Waals surface area (Å²) in [6, 6.07) is 23.3. The normalized spacial score (nSPS) is 18.2. The molecule has 1 nitrogen and oxygen atoms in total. The van der Waals surface area contributed by atoms with Gasteiger partial charge in [-0.15, -0.1) is 0 Å². The molecular formula is C38H31BF10NP. The van der Waals surface area contributed by atoms with E-state index in [9.17, 15) is 8.78 Å². The highest BCUT2D eigenvalue weighted by Crippen LogP contribution is 2.78. The van der Waals surface area contributed by atoms with Gasteiger partial charge in [0.1, 0.15) is 29.0 Å². The fourth-order valence-corrected chi connectivity index (χ4v) is 15.7. The first-order valence-electron chi connectivity index (χ1n) is 16.2. The van der Waals surface area contributed by atoms with Crippen LogP contribution in [0.15, 0.2) is 91.0 Å². The standard InChI is InChI=1S/C38H31BF10NP/c1-20(2)51(21(3)4)38(23-16-10-6-11-17-23)25(22-14-8-5-9-15-22)39(50(51)24-18-12-7-13-19-24,26-28(40)32(44)36(48)33(45)29(26)41)27-30(42)34(46)37(49)35(47)31(27)43/h5-21,25,38H,1-4H3/t25-,38-/m1/s1. The van der Waals surface area contributed by atoms with E-state index in [1.807, 2.05) is 0 Å². The largest absolute Gasteiger partial charge is 0.435 e. The summed E-state index contributed by atoms with van der Waals surface area (Å²) in [6.45, 7) is 7.08. The Morgan fingerprint density at radius 2 is 0.765 bits per heavy atom. The molecule has 0 saturated carbocycles. The lowest BCUT2D eigenvalue weighted by Gasteiger charge is -2.42. The molecule has 0 N–H and O–H groups in total. The molecule has 5 aromatic carbocycles. The number of hydrogen-bond donors (Lipinski definition) is 0. The zero-order valence-corrected chi connectivity index (χ0v) is 28.6. The van der Waals surface area contributed by atoms with Crippen LogP contribution in [0.5, 0.6) is 0 Å². The fraction of sp³-hybridized carbons (Fsp3) is 0.211. The maximum absolute atomic E-state index is 16.9. The van der Waals surface area contributed by atoms with Crippen molar-refractivity contribution in [1.29, 1.82) is 0 Å². The van der Waals surface area contributed by atoms with Crippen LogP contribution >= 0.6 is 7.05 Å². The highest BCUT2D eigenvalue weighted by atomic mass is 31.2. The Hall–Kier alpha value is -4.31. The molecule has 13 heteroatoms. The third-order valence-corrected chi connectivity index (χ3v) is 16.6. The summed E-state index contributed by atoms with van der Waals surface area (Å²) >= 11 is 0. The van der Waals surface area contributed by atoms with Crippen LogP contribution in [-0.2, 0) is 0 Å². The van der Waals surface area contributed by atoms with Crippen molar-refractivity contribution in [3.63, 3.8) is 0 Å². The van der Waals surface area contributed by atoms with E-state index in [1.54, 1.807) is 70.2 Å². The predicted molar refractivity (Wildman–Crippen MR) is 179 cm³/mol. The zero-order valence-electron chi connectivity index (χ0n) is 27.7. The number of nitrogens with zero attached hydrogens (tertiary/aromatic N) is 1. The molecule has 0 bridgehead atoms. The minimum Gasteiger partial charge on any atom is -0.435 e. The van der Waals surface area contributed by atoms with Gasteiger partial charge in [-0.2, -0.15) is 0 Å². The molecule has 0 spiro atoms. The van der Waals surface area contributed by atoms with Crippen LogP contribution in [0.2, 0.25) is 0 Å². The predicted octanol–water partition coefficient (Wildman–Crippen LogP) is 10.6. The van der Waals surface area contributed by atoms with E-state index in [2.05, 4.69) is 0 Å². The number of halogens is 10. The average molecular weight is 733 g/mol. The summed E-state index contributed by atoms with van der Waals surface area (Å²) in [5, 5.41) is 0. The van der Waals surface area contributed by atoms with E-state index in [1.165, 1.54) is 52.8 Å². The number of hydrogen-bond acceptors (Lipinski definition) is 0. The average Bonchev–Trinajstić information content (AvgIpc) is 3.42. The second-order valence-electron chi connectivity index (χ2n) is 13.3. The maximum Gasteiger partial charge on any atom is 0.348 e. The molecule has 0 unspecified atom stereocenters. The molecule has 51 heavy (non-hydrogen) atoms. The molecule has 1 aliphatic heterocycles. The second kappa shape index (κ2) is 13.3. The Kier molecular flexibility index (Phi) is 9.55. The van der Waals surface area contributed by atoms with Gasteiger partial charge in [0.05, 0.1) is 7.05 Å². The summed E-state index contributed by atoms with van der Waals surface area (Å²) in [4.78, 5) is 0. The SMILES string of the molecule is CC(C)P1(C(C)C)=[N+](c2ccccc2)[B-](c2c(F)c(F)c(F)c(F)c2F)(c2c(F)c(F)c(F)c(F)c2F)[C@H](c2ccccc2)[C@H]1c1ccccc1. The van der Waals surface area contributed by atoms with Crippen LogP contribution in [0.1, 0.15) is 50.3 Å². The van der Waals surface area contributed by atoms with E-state index in [0.717, 1.165) is 0 Å². The lowest BCUT2D eigenvalue weighted by atomic mass is 9.19. The minimum atomic E-state index is -4.47. The number of para-hydroxylation sites is 1. The molecule has 0 fully saturated rings. The van der Waals surface area contributed by atoms with Crippen LogP contribution in [-0.4, -0.2) is 21.8 Å². The molecule has 1 heterocycles. The van der Waals surface area contributed by atoms with E-state index in [-0.39, 0.29) is 11.3 Å². The van der Waals surface area contributed by atoms with E-state index >= 15 is 35.1 Å². The first kappa shape index (κ1) is 36.5. The summed E-state index contributed by atoms with van der Waals surface area (Å²) in [5.41, 5.74) is -4.93. The second-order valence-corrected chi connectivity index (χ2v) is 17.9. The van der Waals surface area contributed by atoms with Gasteiger partial charge < -0.3 is 4.24 Å². The van der Waals surface area contributed by atoms with Gasteiger partial charge >= 0.3 is 6.28 Å². The molecule has 2 atom stereocenters. The molecule has 1 aliphatic rings. The Bertz CT molecular complexity index is 2050. The third-order valence-electron chi connectivity index (χ3n) is 10.4. The van der Waals surface area contributed by atoms with Gasteiger partial charge in [-0.3, -0.25) is 0 Å². The fourth-order valence-electron chi connectivity index (χ4n) is 8.87. The summed E-state index contributed by atoms with van der Waals surface area (Å²) < 4.78 is 161. The van der Waals surface area contributed by atoms with Crippen LogP contribution in [0.4, 0.5) is 49.6 Å². The highest BCUT2D eigenvalue weighted by molar-refractivity contribution is 7.67. The van der Waals surface area contributed by atoms with Gasteiger partial charge in [-0.05, 0) is 11.4 Å². The summed E-state index contributed by atoms with van der Waals surface area (Å²) in [7, 11) is -3.48.